The molecule has 0 saturated heterocycles. The van der Waals surface area contributed by atoms with Crippen molar-refractivity contribution in [2.45, 2.75) is 0 Å². The van der Waals surface area contributed by atoms with E-state index < -0.39 is 0 Å². The minimum atomic E-state index is 0.715. The molecule has 0 saturated carbocycles. The quantitative estimate of drug-likeness (QED) is 0.595. The van der Waals surface area contributed by atoms with Crippen LogP contribution in [0.15, 0.2) is 11.4 Å². The Morgan fingerprint density at radius 3 is 2.75 bits per heavy atom. The molecule has 1 aromatic rings. The van der Waals surface area contributed by atoms with Gasteiger partial charge in [-0.25, -0.2) is 0 Å². The van der Waals surface area contributed by atoms with Crippen molar-refractivity contribution in [1.82, 2.24) is 0 Å². The molecule has 44 valence electrons. The molecular formula is C5H5ClOS. The van der Waals surface area contributed by atoms with Crippen LogP contribution in [0.25, 0.3) is 0 Å². The molecule has 0 aromatic carbocycles. The fourth-order valence-electron chi connectivity index (χ4n) is 0.427. The van der Waals surface area contributed by atoms with Gasteiger partial charge >= 0.3 is 0 Å². The zero-order chi connectivity index (χ0) is 5.98. The summed E-state index contributed by atoms with van der Waals surface area (Å²) in [6.07, 6.45) is 0. The summed E-state index contributed by atoms with van der Waals surface area (Å²) < 4.78 is 5.58. The highest BCUT2D eigenvalue weighted by atomic mass is 35.5. The summed E-state index contributed by atoms with van der Waals surface area (Å²) in [5.74, 6) is 0.761. The van der Waals surface area contributed by atoms with E-state index in [1.807, 2.05) is 11.4 Å². The summed E-state index contributed by atoms with van der Waals surface area (Å²) in [6.45, 7) is 0. The van der Waals surface area contributed by atoms with Gasteiger partial charge in [0.2, 0.25) is 0 Å². The van der Waals surface area contributed by atoms with Gasteiger partial charge in [-0.15, -0.1) is 11.3 Å². The molecule has 8 heavy (non-hydrogen) atoms. The molecule has 0 aliphatic carbocycles. The predicted molar refractivity (Wildman–Crippen MR) is 35.9 cm³/mol. The van der Waals surface area contributed by atoms with Gasteiger partial charge < -0.3 is 4.74 Å². The average molecular weight is 149 g/mol. The van der Waals surface area contributed by atoms with Crippen molar-refractivity contribution in [3.63, 3.8) is 0 Å². The highest BCUT2D eigenvalue weighted by Crippen LogP contribution is 2.29. The van der Waals surface area contributed by atoms with E-state index in [0.29, 0.717) is 4.34 Å². The first-order valence-corrected chi connectivity index (χ1v) is 3.37. The van der Waals surface area contributed by atoms with Crippen molar-refractivity contribution in [3.8, 4) is 5.75 Å². The van der Waals surface area contributed by atoms with Gasteiger partial charge in [0.15, 0.2) is 0 Å². The van der Waals surface area contributed by atoms with Gasteiger partial charge in [-0.3, -0.25) is 0 Å². The largest absolute Gasteiger partial charge is 0.494 e. The third-order valence-corrected chi connectivity index (χ3v) is 1.94. The summed E-state index contributed by atoms with van der Waals surface area (Å²) in [7, 11) is 1.61. The summed E-state index contributed by atoms with van der Waals surface area (Å²) >= 11 is 7.10. The van der Waals surface area contributed by atoms with Crippen molar-refractivity contribution >= 4 is 22.9 Å². The van der Waals surface area contributed by atoms with Crippen LogP contribution >= 0.6 is 22.9 Å². The lowest BCUT2D eigenvalue weighted by atomic mass is 10.6. The minimum absolute atomic E-state index is 0.715. The smallest absolute Gasteiger partial charge is 0.148 e. The van der Waals surface area contributed by atoms with Crippen LogP contribution in [0.4, 0.5) is 0 Å². The van der Waals surface area contributed by atoms with Crippen LogP contribution in [0, 0.1) is 0 Å². The zero-order valence-corrected chi connectivity index (χ0v) is 5.92. The molecule has 0 N–H and O–H groups in total. The van der Waals surface area contributed by atoms with Crippen LogP contribution in [0.2, 0.25) is 4.34 Å². The number of halogens is 1. The van der Waals surface area contributed by atoms with E-state index in [4.69, 9.17) is 16.3 Å². The molecule has 0 atom stereocenters. The number of hydrogen-bond donors (Lipinski definition) is 0. The molecule has 0 unspecified atom stereocenters. The third kappa shape index (κ3) is 0.956. The molecule has 1 aromatic heterocycles. The Kier molecular flexibility index (Phi) is 1.76. The molecule has 0 fully saturated rings. The molecule has 0 bridgehead atoms. The van der Waals surface area contributed by atoms with Crippen molar-refractivity contribution < 1.29 is 4.74 Å². The van der Waals surface area contributed by atoms with Crippen molar-refractivity contribution in [2.75, 3.05) is 7.11 Å². The van der Waals surface area contributed by atoms with Crippen molar-refractivity contribution in [3.05, 3.63) is 15.8 Å². The lowest BCUT2D eigenvalue weighted by Gasteiger charge is -1.90. The van der Waals surface area contributed by atoms with Crippen LogP contribution in [-0.2, 0) is 0 Å². The fraction of sp³-hybridized carbons (Fsp3) is 0.200. The van der Waals surface area contributed by atoms with E-state index in [9.17, 15) is 0 Å². The number of ether oxygens (including phenoxy) is 1. The normalized spacial score (nSPS) is 9.25. The van der Waals surface area contributed by atoms with Crippen molar-refractivity contribution in [2.24, 2.45) is 0 Å². The number of methoxy groups -OCH3 is 1. The molecule has 0 aliphatic rings. The molecular weight excluding hydrogens is 144 g/mol. The Morgan fingerprint density at radius 1 is 1.75 bits per heavy atom. The van der Waals surface area contributed by atoms with E-state index in [-0.39, 0.29) is 0 Å². The van der Waals surface area contributed by atoms with Crippen LogP contribution in [-0.4, -0.2) is 7.11 Å². The van der Waals surface area contributed by atoms with E-state index in [1.165, 1.54) is 11.3 Å². The third-order valence-electron chi connectivity index (χ3n) is 0.805. The standard InChI is InChI=1S/C5H5ClOS/c1-7-4-2-3-8-5(4)6/h2-3H,1H3. The summed E-state index contributed by atoms with van der Waals surface area (Å²) in [4.78, 5) is 0. The van der Waals surface area contributed by atoms with Crippen LogP contribution in [0.5, 0.6) is 5.75 Å². The van der Waals surface area contributed by atoms with Crippen LogP contribution in [0.3, 0.4) is 0 Å². The van der Waals surface area contributed by atoms with Crippen LogP contribution < -0.4 is 4.74 Å². The molecule has 3 heteroatoms. The van der Waals surface area contributed by atoms with E-state index in [2.05, 4.69) is 0 Å². The van der Waals surface area contributed by atoms with Gasteiger partial charge in [0.25, 0.3) is 0 Å². The molecule has 1 nitrogen and oxygen atoms in total. The first-order valence-electron chi connectivity index (χ1n) is 2.11. The molecule has 0 spiro atoms. The number of rotatable bonds is 1. The van der Waals surface area contributed by atoms with Gasteiger partial charge in [-0.2, -0.15) is 0 Å². The molecule has 1 heterocycles. The molecule has 0 radical (unpaired) electrons. The number of thiophene rings is 1. The number of hydrogen-bond acceptors (Lipinski definition) is 2. The van der Waals surface area contributed by atoms with Gasteiger partial charge in [0.1, 0.15) is 10.1 Å². The van der Waals surface area contributed by atoms with E-state index in [0.717, 1.165) is 5.75 Å². The van der Waals surface area contributed by atoms with Crippen LogP contribution in [0.1, 0.15) is 0 Å². The van der Waals surface area contributed by atoms with Gasteiger partial charge in [-0.1, -0.05) is 11.6 Å². The van der Waals surface area contributed by atoms with Gasteiger partial charge in [0, 0.05) is 0 Å². The highest BCUT2D eigenvalue weighted by Gasteiger charge is 1.96. The Labute approximate surface area is 56.9 Å². The maximum Gasteiger partial charge on any atom is 0.148 e. The maximum atomic E-state index is 5.63. The summed E-state index contributed by atoms with van der Waals surface area (Å²) in [5, 5.41) is 1.89. The van der Waals surface area contributed by atoms with E-state index in [1.54, 1.807) is 7.11 Å². The zero-order valence-electron chi connectivity index (χ0n) is 4.35. The first-order chi connectivity index (χ1) is 3.84. The van der Waals surface area contributed by atoms with Crippen molar-refractivity contribution in [1.29, 1.82) is 0 Å². The fourth-order valence-corrected chi connectivity index (χ4v) is 1.30. The lowest BCUT2D eigenvalue weighted by Crippen LogP contribution is -1.76. The predicted octanol–water partition coefficient (Wildman–Crippen LogP) is 2.41. The molecule has 1 rings (SSSR count). The topological polar surface area (TPSA) is 9.23 Å². The van der Waals surface area contributed by atoms with E-state index >= 15 is 0 Å². The maximum absolute atomic E-state index is 5.63. The Bertz CT molecular complexity index is 173. The Balaban J connectivity index is 2.92. The average Bonchev–Trinajstić information content (AvgIpc) is 2.14. The highest BCUT2D eigenvalue weighted by molar-refractivity contribution is 7.14. The van der Waals surface area contributed by atoms with Gasteiger partial charge in [-0.05, 0) is 11.4 Å². The second-order valence-electron chi connectivity index (χ2n) is 1.26. The molecule has 0 aliphatic heterocycles. The lowest BCUT2D eigenvalue weighted by molar-refractivity contribution is 0.417. The Hall–Kier alpha value is -0.210. The Morgan fingerprint density at radius 2 is 2.50 bits per heavy atom. The summed E-state index contributed by atoms with van der Waals surface area (Å²) in [6, 6.07) is 1.84. The van der Waals surface area contributed by atoms with Gasteiger partial charge in [0.05, 0.1) is 7.11 Å². The molecule has 0 amide bonds. The second kappa shape index (κ2) is 2.37. The monoisotopic (exact) mass is 148 g/mol. The first kappa shape index (κ1) is 5.92. The second-order valence-corrected chi connectivity index (χ2v) is 2.78. The minimum Gasteiger partial charge on any atom is -0.494 e. The summed E-state index contributed by atoms with van der Waals surface area (Å²) in [5.41, 5.74) is 0. The SMILES string of the molecule is COc1ccsc1Cl.